The average Bonchev–Trinajstić information content (AvgIpc) is 3.09. The van der Waals surface area contributed by atoms with Gasteiger partial charge in [-0.15, -0.1) is 0 Å². The normalized spacial score (nSPS) is 20.0. The predicted molar refractivity (Wildman–Crippen MR) is 116 cm³/mol. The first kappa shape index (κ1) is 20.3. The van der Waals surface area contributed by atoms with Gasteiger partial charge in [-0.25, -0.2) is 9.78 Å². The molecule has 0 bridgehead atoms. The number of carbonyl (C=O) groups is 2. The van der Waals surface area contributed by atoms with Gasteiger partial charge in [0.1, 0.15) is 11.9 Å². The molecule has 158 valence electrons. The van der Waals surface area contributed by atoms with Gasteiger partial charge in [-0.2, -0.15) is 0 Å². The number of aromatic nitrogens is 2. The summed E-state index contributed by atoms with van der Waals surface area (Å²) >= 11 is 0. The van der Waals surface area contributed by atoms with Crippen molar-refractivity contribution in [3.05, 3.63) is 47.9 Å². The molecule has 7 nitrogen and oxygen atoms in total. The van der Waals surface area contributed by atoms with E-state index >= 15 is 0 Å². The largest absolute Gasteiger partial charge is 0.455 e. The highest BCUT2D eigenvalue weighted by Crippen LogP contribution is 2.26. The molecule has 1 amide bonds. The average molecular weight is 409 g/mol. The Morgan fingerprint density at radius 2 is 1.77 bits per heavy atom. The Bertz CT molecular complexity index is 1120. The number of para-hydroxylation sites is 1. The lowest BCUT2D eigenvalue weighted by Crippen LogP contribution is -2.55. The molecule has 1 aromatic carbocycles. The summed E-state index contributed by atoms with van der Waals surface area (Å²) in [6, 6.07) is 9.92. The molecule has 4 rings (SSSR count). The van der Waals surface area contributed by atoms with Crippen molar-refractivity contribution in [1.29, 1.82) is 0 Å². The molecule has 1 aliphatic rings. The first-order valence-corrected chi connectivity index (χ1v) is 10.3. The fourth-order valence-electron chi connectivity index (χ4n) is 4.14. The number of rotatable bonds is 2. The lowest BCUT2D eigenvalue weighted by Gasteiger charge is -2.36. The number of carbonyl (C=O) groups excluding carboxylic acids is 2. The summed E-state index contributed by atoms with van der Waals surface area (Å²) in [7, 11) is 0. The molecule has 1 fully saturated rings. The summed E-state index contributed by atoms with van der Waals surface area (Å²) in [6.45, 7) is 10.9. The van der Waals surface area contributed by atoms with Gasteiger partial charge >= 0.3 is 5.97 Å². The maximum atomic E-state index is 13.5. The highest BCUT2D eigenvalue weighted by molar-refractivity contribution is 6.09. The van der Waals surface area contributed by atoms with Gasteiger partial charge in [-0.05, 0) is 46.8 Å². The molecule has 2 atom stereocenters. The predicted octanol–water partition coefficient (Wildman–Crippen LogP) is 3.27. The number of fused-ring (bicyclic) bond motifs is 3. The summed E-state index contributed by atoms with van der Waals surface area (Å²) in [6.07, 6.45) is 1.61. The van der Waals surface area contributed by atoms with Crippen LogP contribution in [0.25, 0.3) is 16.4 Å². The quantitative estimate of drug-likeness (QED) is 0.659. The molecular weight excluding hydrogens is 380 g/mol. The van der Waals surface area contributed by atoms with Crippen molar-refractivity contribution >= 4 is 28.3 Å². The molecule has 1 N–H and O–H groups in total. The van der Waals surface area contributed by atoms with Crippen LogP contribution in [0.4, 0.5) is 0 Å². The molecule has 3 heterocycles. The first-order valence-electron chi connectivity index (χ1n) is 10.3. The summed E-state index contributed by atoms with van der Waals surface area (Å²) in [5, 5.41) is 4.29. The van der Waals surface area contributed by atoms with E-state index in [4.69, 9.17) is 4.74 Å². The van der Waals surface area contributed by atoms with Gasteiger partial charge in [0.05, 0.1) is 16.6 Å². The van der Waals surface area contributed by atoms with Gasteiger partial charge < -0.3 is 15.0 Å². The van der Waals surface area contributed by atoms with Crippen molar-refractivity contribution in [3.63, 3.8) is 0 Å². The van der Waals surface area contributed by atoms with Crippen LogP contribution in [0, 0.1) is 0 Å². The zero-order valence-corrected chi connectivity index (χ0v) is 18.1. The van der Waals surface area contributed by atoms with Gasteiger partial charge in [0.2, 0.25) is 0 Å². The van der Waals surface area contributed by atoms with E-state index in [1.165, 1.54) is 0 Å². The Labute approximate surface area is 176 Å². The van der Waals surface area contributed by atoms with Crippen LogP contribution in [0.5, 0.6) is 0 Å². The maximum Gasteiger partial charge on any atom is 0.359 e. The Hall–Kier alpha value is -2.93. The van der Waals surface area contributed by atoms with Crippen LogP contribution < -0.4 is 5.32 Å². The number of ether oxygens (including phenoxy) is 1. The Morgan fingerprint density at radius 1 is 1.10 bits per heavy atom. The van der Waals surface area contributed by atoms with Crippen LogP contribution in [0.15, 0.2) is 36.7 Å². The minimum Gasteiger partial charge on any atom is -0.455 e. The molecule has 1 saturated heterocycles. The highest BCUT2D eigenvalue weighted by Gasteiger charge is 2.28. The SMILES string of the molecule is C[C@@H]1CN(C(=O)c2cc3c(C(=O)OC(C)(C)C)ncn3c3ccccc23)C[C@H](C)N1. The summed E-state index contributed by atoms with van der Waals surface area (Å²) in [4.78, 5) is 32.5. The number of piperazine rings is 1. The second-order valence-electron chi connectivity index (χ2n) is 9.10. The Kier molecular flexibility index (Phi) is 5.02. The van der Waals surface area contributed by atoms with Gasteiger partial charge in [-0.3, -0.25) is 9.20 Å². The summed E-state index contributed by atoms with van der Waals surface area (Å²) in [5.74, 6) is -0.534. The molecule has 3 aromatic rings. The van der Waals surface area contributed by atoms with E-state index in [1.54, 1.807) is 12.4 Å². The zero-order chi connectivity index (χ0) is 21.6. The lowest BCUT2D eigenvalue weighted by atomic mass is 10.0. The highest BCUT2D eigenvalue weighted by atomic mass is 16.6. The van der Waals surface area contributed by atoms with E-state index in [9.17, 15) is 9.59 Å². The molecule has 0 saturated carbocycles. The molecule has 1 aliphatic heterocycles. The van der Waals surface area contributed by atoms with Crippen LogP contribution >= 0.6 is 0 Å². The minimum atomic E-state index is -0.629. The number of hydrogen-bond donors (Lipinski definition) is 1. The summed E-state index contributed by atoms with van der Waals surface area (Å²) in [5.41, 5.74) is 1.56. The standard InChI is InChI=1S/C23H28N4O3/c1-14-11-26(12-15(2)25-14)21(28)17-10-19-20(22(29)30-23(3,4)5)24-13-27(19)18-9-7-6-8-16(17)18/h6-10,13-15,25H,11-12H2,1-5H3/t14-,15+. The van der Waals surface area contributed by atoms with Gasteiger partial charge in [0, 0.05) is 30.6 Å². The Morgan fingerprint density at radius 3 is 2.43 bits per heavy atom. The molecule has 0 aliphatic carbocycles. The lowest BCUT2D eigenvalue weighted by molar-refractivity contribution is 0.00656. The molecule has 0 unspecified atom stereocenters. The van der Waals surface area contributed by atoms with Gasteiger partial charge in [0.15, 0.2) is 5.69 Å². The number of imidazole rings is 1. The number of hydrogen-bond acceptors (Lipinski definition) is 5. The van der Waals surface area contributed by atoms with Gasteiger partial charge in [-0.1, -0.05) is 18.2 Å². The van der Waals surface area contributed by atoms with E-state index in [1.807, 2.05) is 54.3 Å². The number of nitrogens with one attached hydrogen (secondary N) is 1. The molecular formula is C23H28N4O3. The number of esters is 1. The van der Waals surface area contributed by atoms with Crippen molar-refractivity contribution < 1.29 is 14.3 Å². The second kappa shape index (κ2) is 7.40. The van der Waals surface area contributed by atoms with E-state index < -0.39 is 11.6 Å². The smallest absolute Gasteiger partial charge is 0.359 e. The van der Waals surface area contributed by atoms with Crippen molar-refractivity contribution in [2.75, 3.05) is 13.1 Å². The number of nitrogens with zero attached hydrogens (tertiary/aromatic N) is 3. The van der Waals surface area contributed by atoms with Crippen molar-refractivity contribution in [2.45, 2.75) is 52.3 Å². The number of amides is 1. The first-order chi connectivity index (χ1) is 14.1. The Balaban J connectivity index is 1.85. The van der Waals surface area contributed by atoms with E-state index in [0.29, 0.717) is 24.2 Å². The van der Waals surface area contributed by atoms with Crippen molar-refractivity contribution in [1.82, 2.24) is 19.6 Å². The zero-order valence-electron chi connectivity index (χ0n) is 18.1. The third-order valence-corrected chi connectivity index (χ3v) is 5.21. The number of benzene rings is 1. The van der Waals surface area contributed by atoms with Crippen molar-refractivity contribution in [2.24, 2.45) is 0 Å². The fraction of sp³-hybridized carbons (Fsp3) is 0.435. The maximum absolute atomic E-state index is 13.5. The molecule has 30 heavy (non-hydrogen) atoms. The van der Waals surface area contributed by atoms with Crippen LogP contribution in [0.3, 0.4) is 0 Å². The molecule has 2 aromatic heterocycles. The van der Waals surface area contributed by atoms with Crippen LogP contribution in [-0.4, -0.2) is 56.9 Å². The second-order valence-corrected chi connectivity index (χ2v) is 9.10. The van der Waals surface area contributed by atoms with Crippen LogP contribution in [-0.2, 0) is 4.74 Å². The monoisotopic (exact) mass is 408 g/mol. The fourth-order valence-corrected chi connectivity index (χ4v) is 4.14. The van der Waals surface area contributed by atoms with Crippen LogP contribution in [0.1, 0.15) is 55.5 Å². The molecule has 7 heteroatoms. The van der Waals surface area contributed by atoms with Crippen LogP contribution in [0.2, 0.25) is 0 Å². The summed E-state index contributed by atoms with van der Waals surface area (Å²) < 4.78 is 7.37. The minimum absolute atomic E-state index is 0.0368. The van der Waals surface area contributed by atoms with Crippen molar-refractivity contribution in [3.8, 4) is 0 Å². The molecule has 0 radical (unpaired) electrons. The molecule has 0 spiro atoms. The third-order valence-electron chi connectivity index (χ3n) is 5.21. The van der Waals surface area contributed by atoms with E-state index in [0.717, 1.165) is 10.9 Å². The van der Waals surface area contributed by atoms with E-state index in [2.05, 4.69) is 24.1 Å². The topological polar surface area (TPSA) is 75.9 Å². The van der Waals surface area contributed by atoms with E-state index in [-0.39, 0.29) is 23.7 Å². The number of pyridine rings is 1. The third kappa shape index (κ3) is 3.77. The van der Waals surface area contributed by atoms with Gasteiger partial charge in [0.25, 0.3) is 5.91 Å².